The summed E-state index contributed by atoms with van der Waals surface area (Å²) in [6.07, 6.45) is 3.77. The van der Waals surface area contributed by atoms with Crippen molar-refractivity contribution in [2.75, 3.05) is 13.2 Å². The monoisotopic (exact) mass is 467 g/mol. The Kier molecular flexibility index (Phi) is 8.74. The Hall–Kier alpha value is -1.76. The third-order valence-corrected chi connectivity index (χ3v) is 4.69. The van der Waals surface area contributed by atoms with E-state index >= 15 is 0 Å². The van der Waals surface area contributed by atoms with Gasteiger partial charge in [-0.15, -0.1) is 0 Å². The minimum Gasteiger partial charge on any atom is -0.493 e. The number of aryl methyl sites for hydroxylation is 1. The molecule has 2 rings (SSSR count). The molecule has 0 spiro atoms. The molecule has 4 nitrogen and oxygen atoms in total. The highest BCUT2D eigenvalue weighted by Gasteiger charge is 2.10. The molecule has 0 aliphatic rings. The lowest BCUT2D eigenvalue weighted by atomic mass is 10.1. The van der Waals surface area contributed by atoms with Crippen molar-refractivity contribution in [1.82, 2.24) is 5.32 Å². The van der Waals surface area contributed by atoms with Gasteiger partial charge in [-0.25, -0.2) is 0 Å². The van der Waals surface area contributed by atoms with Crippen molar-refractivity contribution in [2.45, 2.75) is 39.5 Å². The Labute approximate surface area is 170 Å². The highest BCUT2D eigenvalue weighted by atomic mass is 127. The van der Waals surface area contributed by atoms with Gasteiger partial charge in [0.05, 0.1) is 6.61 Å². The minimum absolute atomic E-state index is 0.0692. The van der Waals surface area contributed by atoms with E-state index in [1.54, 1.807) is 0 Å². The highest BCUT2D eigenvalue weighted by molar-refractivity contribution is 14.1. The molecule has 0 aliphatic carbocycles. The Morgan fingerprint density at radius 2 is 1.88 bits per heavy atom. The number of rotatable bonds is 10. The van der Waals surface area contributed by atoms with Gasteiger partial charge < -0.3 is 13.1 Å². The number of unbranched alkanes of at least 4 members (excludes halogenated alkanes) is 1. The van der Waals surface area contributed by atoms with E-state index in [-0.39, 0.29) is 5.91 Å². The van der Waals surface area contributed by atoms with Crippen LogP contribution in [0.5, 0.6) is 11.5 Å². The van der Waals surface area contributed by atoms with E-state index in [1.807, 2.05) is 65.5 Å². The Morgan fingerprint density at radius 1 is 1.12 bits per heavy atom. The molecule has 0 heterocycles. The minimum atomic E-state index is -0.0692. The van der Waals surface area contributed by atoms with Crippen LogP contribution in [0.1, 0.15) is 48.2 Å². The molecular formula is C21H26INO3. The number of benzene rings is 2. The maximum Gasteiger partial charge on any atom is 0.251 e. The third kappa shape index (κ3) is 6.20. The second-order valence-electron chi connectivity index (χ2n) is 6.11. The molecule has 2 aromatic rings. The number of hydrogen-bond acceptors (Lipinski definition) is 3. The van der Waals surface area contributed by atoms with Crippen LogP contribution < -0.4 is 13.1 Å². The van der Waals surface area contributed by atoms with E-state index in [4.69, 9.17) is 7.80 Å². The van der Waals surface area contributed by atoms with Gasteiger partial charge >= 0.3 is 0 Å². The molecule has 0 bridgehead atoms. The molecule has 0 aliphatic heterocycles. The van der Waals surface area contributed by atoms with E-state index < -0.39 is 0 Å². The van der Waals surface area contributed by atoms with Crippen LogP contribution in [-0.4, -0.2) is 19.1 Å². The van der Waals surface area contributed by atoms with Gasteiger partial charge in [0.25, 0.3) is 5.91 Å². The summed E-state index contributed by atoms with van der Waals surface area (Å²) in [4.78, 5) is 12.4. The maximum atomic E-state index is 12.4. The molecule has 0 radical (unpaired) electrons. The second kappa shape index (κ2) is 11.1. The normalized spacial score (nSPS) is 10.4. The van der Waals surface area contributed by atoms with Crippen LogP contribution in [0.25, 0.3) is 0 Å². The van der Waals surface area contributed by atoms with Gasteiger partial charge in [-0.1, -0.05) is 38.5 Å². The predicted octanol–water partition coefficient (Wildman–Crippen LogP) is 5.13. The molecule has 1 N–H and O–H groups in total. The lowest BCUT2D eigenvalue weighted by Gasteiger charge is -2.12. The van der Waals surface area contributed by atoms with Crippen molar-refractivity contribution in [1.29, 1.82) is 0 Å². The summed E-state index contributed by atoms with van der Waals surface area (Å²) in [5.74, 6) is 1.58. The Morgan fingerprint density at radius 3 is 2.54 bits per heavy atom. The Balaban J connectivity index is 1.92. The smallest absolute Gasteiger partial charge is 0.251 e. The molecule has 26 heavy (non-hydrogen) atoms. The number of ether oxygens (including phenoxy) is 1. The van der Waals surface area contributed by atoms with Crippen LogP contribution in [0, 0.1) is 0 Å². The number of halogens is 1. The van der Waals surface area contributed by atoms with E-state index in [1.165, 1.54) is 0 Å². The first-order valence-electron chi connectivity index (χ1n) is 9.09. The molecule has 0 atom stereocenters. The highest BCUT2D eigenvalue weighted by Crippen LogP contribution is 2.22. The summed E-state index contributed by atoms with van der Waals surface area (Å²) < 4.78 is 11.0. The number of amides is 1. The fourth-order valence-corrected chi connectivity index (χ4v) is 2.87. The summed E-state index contributed by atoms with van der Waals surface area (Å²) in [5, 5.41) is 2.98. The molecular weight excluding hydrogens is 441 g/mol. The van der Waals surface area contributed by atoms with Crippen LogP contribution in [0.3, 0.4) is 0 Å². The van der Waals surface area contributed by atoms with E-state index in [9.17, 15) is 4.79 Å². The van der Waals surface area contributed by atoms with E-state index in [0.717, 1.165) is 48.3 Å². The van der Waals surface area contributed by atoms with Gasteiger partial charge in [-0.05, 0) is 54.7 Å². The summed E-state index contributed by atoms with van der Waals surface area (Å²) in [6, 6.07) is 13.6. The standard InChI is InChI=1S/C21H26INO3/c1-3-5-14-25-20-15-18(9-8-17(20)4-2)21(24)23-13-12-16-6-10-19(26-22)11-7-16/h6-11,15H,3-5,12-14H2,1-2H3,(H,23,24). The zero-order valence-corrected chi connectivity index (χ0v) is 17.5. The Bertz CT molecular complexity index is 701. The number of carbonyl (C=O) groups is 1. The molecule has 1 amide bonds. The number of carbonyl (C=O) groups excluding carboxylic acids is 1. The van der Waals surface area contributed by atoms with Gasteiger partial charge in [-0.2, -0.15) is 0 Å². The molecule has 0 fully saturated rings. The number of nitrogens with one attached hydrogen (secondary N) is 1. The third-order valence-electron chi connectivity index (χ3n) is 4.18. The van der Waals surface area contributed by atoms with Crippen molar-refractivity contribution in [2.24, 2.45) is 0 Å². The predicted molar refractivity (Wildman–Crippen MR) is 113 cm³/mol. The van der Waals surface area contributed by atoms with Gasteiger partial charge in [-0.3, -0.25) is 4.79 Å². The molecule has 5 heteroatoms. The summed E-state index contributed by atoms with van der Waals surface area (Å²) >= 11 is 1.86. The summed E-state index contributed by atoms with van der Waals surface area (Å²) in [6.45, 7) is 5.50. The second-order valence-corrected chi connectivity index (χ2v) is 6.55. The topological polar surface area (TPSA) is 47.6 Å². The quantitative estimate of drug-likeness (QED) is 0.390. The lowest BCUT2D eigenvalue weighted by molar-refractivity contribution is 0.0953. The molecule has 0 unspecified atom stereocenters. The van der Waals surface area contributed by atoms with Gasteiger partial charge in [0.2, 0.25) is 0 Å². The molecule has 140 valence electrons. The zero-order valence-electron chi connectivity index (χ0n) is 15.4. The first kappa shape index (κ1) is 20.6. The molecule has 2 aromatic carbocycles. The zero-order chi connectivity index (χ0) is 18.8. The van der Waals surface area contributed by atoms with Gasteiger partial charge in [0, 0.05) is 12.1 Å². The fourth-order valence-electron chi connectivity index (χ4n) is 2.58. The van der Waals surface area contributed by atoms with Crippen molar-refractivity contribution in [3.63, 3.8) is 0 Å². The van der Waals surface area contributed by atoms with Crippen molar-refractivity contribution < 1.29 is 12.6 Å². The fraction of sp³-hybridized carbons (Fsp3) is 0.381. The van der Waals surface area contributed by atoms with Crippen molar-refractivity contribution in [3.8, 4) is 11.5 Å². The van der Waals surface area contributed by atoms with Crippen molar-refractivity contribution in [3.05, 3.63) is 59.2 Å². The van der Waals surface area contributed by atoms with Crippen molar-refractivity contribution >= 4 is 28.9 Å². The largest absolute Gasteiger partial charge is 0.493 e. The summed E-state index contributed by atoms with van der Waals surface area (Å²) in [7, 11) is 0. The SMILES string of the molecule is CCCCOc1cc(C(=O)NCCc2ccc(OI)cc2)ccc1CC. The van der Waals surface area contributed by atoms with Crippen LogP contribution in [-0.2, 0) is 12.8 Å². The number of hydrogen-bond donors (Lipinski definition) is 1. The van der Waals surface area contributed by atoms with E-state index in [2.05, 4.69) is 19.2 Å². The maximum absolute atomic E-state index is 12.4. The first-order chi connectivity index (χ1) is 12.7. The van der Waals surface area contributed by atoms with Crippen LogP contribution in [0.4, 0.5) is 0 Å². The summed E-state index contributed by atoms with van der Waals surface area (Å²) in [5.41, 5.74) is 2.94. The molecule has 0 saturated heterocycles. The molecule has 0 aromatic heterocycles. The first-order valence-corrected chi connectivity index (χ1v) is 9.97. The van der Waals surface area contributed by atoms with Crippen LogP contribution in [0.2, 0.25) is 0 Å². The van der Waals surface area contributed by atoms with Crippen LogP contribution in [0.15, 0.2) is 42.5 Å². The van der Waals surface area contributed by atoms with Gasteiger partial charge in [0.1, 0.15) is 11.5 Å². The average molecular weight is 467 g/mol. The van der Waals surface area contributed by atoms with Gasteiger partial charge in [0.15, 0.2) is 23.0 Å². The lowest BCUT2D eigenvalue weighted by Crippen LogP contribution is -2.25. The van der Waals surface area contributed by atoms with Crippen LogP contribution >= 0.6 is 23.0 Å². The molecule has 0 saturated carbocycles. The van der Waals surface area contributed by atoms with E-state index in [0.29, 0.717) is 18.7 Å². The average Bonchev–Trinajstić information content (AvgIpc) is 2.68.